The summed E-state index contributed by atoms with van der Waals surface area (Å²) in [5, 5.41) is 6.12. The third-order valence-electron chi connectivity index (χ3n) is 9.77. The highest BCUT2D eigenvalue weighted by Crippen LogP contribution is 2.44. The molecule has 0 N–H and O–H groups in total. The summed E-state index contributed by atoms with van der Waals surface area (Å²) < 4.78 is 19.4. The van der Waals surface area contributed by atoms with Crippen molar-refractivity contribution in [3.63, 3.8) is 0 Å². The van der Waals surface area contributed by atoms with E-state index in [1.165, 1.54) is 0 Å². The van der Waals surface area contributed by atoms with Gasteiger partial charge in [0.15, 0.2) is 17.5 Å². The molecule has 0 aliphatic heterocycles. The van der Waals surface area contributed by atoms with Crippen molar-refractivity contribution in [2.24, 2.45) is 0 Å². The normalized spacial score (nSPS) is 11.9. The summed E-state index contributed by atoms with van der Waals surface area (Å²) in [5.74, 6) is 1.66. The van der Waals surface area contributed by atoms with Crippen LogP contribution in [0.3, 0.4) is 0 Å². The van der Waals surface area contributed by atoms with Crippen LogP contribution in [0.15, 0.2) is 165 Å². The van der Waals surface area contributed by atoms with Crippen LogP contribution in [0.1, 0.15) is 0 Å². The maximum atomic E-state index is 6.92. The molecule has 6 nitrogen and oxygen atoms in total. The van der Waals surface area contributed by atoms with Gasteiger partial charge >= 0.3 is 0 Å². The number of hydrogen-bond acceptors (Lipinski definition) is 6. The van der Waals surface area contributed by atoms with Crippen LogP contribution >= 0.6 is 0 Å². The van der Waals surface area contributed by atoms with Crippen molar-refractivity contribution >= 4 is 65.8 Å². The lowest BCUT2D eigenvalue weighted by atomic mass is 9.97. The Hall–Kier alpha value is -7.05. The van der Waals surface area contributed by atoms with E-state index in [4.69, 9.17) is 28.2 Å². The summed E-state index contributed by atoms with van der Waals surface area (Å²) in [4.78, 5) is 15.3. The second-order valence-electron chi connectivity index (χ2n) is 12.7. The average Bonchev–Trinajstić information content (AvgIpc) is 3.89. The fraction of sp³-hybridized carbons (Fsp3) is 0. The Kier molecular flexibility index (Phi) is 5.86. The summed E-state index contributed by atoms with van der Waals surface area (Å²) in [6, 6.07) is 50.9. The minimum absolute atomic E-state index is 0.526. The van der Waals surface area contributed by atoms with Gasteiger partial charge in [0.25, 0.3) is 0 Å². The summed E-state index contributed by atoms with van der Waals surface area (Å²) in [6.07, 6.45) is 0. The van der Waals surface area contributed by atoms with Crippen LogP contribution in [0, 0.1) is 0 Å². The molecule has 0 saturated heterocycles. The number of fused-ring (bicyclic) bond motifs is 9. The Morgan fingerprint density at radius 1 is 0.294 bits per heavy atom. The van der Waals surface area contributed by atoms with Gasteiger partial charge in [-0.15, -0.1) is 0 Å². The van der Waals surface area contributed by atoms with Crippen molar-refractivity contribution in [1.82, 2.24) is 15.0 Å². The van der Waals surface area contributed by atoms with E-state index in [1.54, 1.807) is 0 Å². The van der Waals surface area contributed by atoms with Crippen LogP contribution in [0.2, 0.25) is 0 Å². The molecule has 0 bridgehead atoms. The molecule has 11 rings (SSSR count). The first-order valence-corrected chi connectivity index (χ1v) is 16.9. The number of hydrogen-bond donors (Lipinski definition) is 0. The molecule has 0 amide bonds. The quantitative estimate of drug-likeness (QED) is 0.188. The highest BCUT2D eigenvalue weighted by molar-refractivity contribution is 6.18. The number of aromatic nitrogens is 3. The van der Waals surface area contributed by atoms with Gasteiger partial charge in [-0.1, -0.05) is 121 Å². The van der Waals surface area contributed by atoms with Gasteiger partial charge in [-0.2, -0.15) is 0 Å². The SMILES string of the molecule is c1ccc(-c2nc(-c3cccc4c3oc3c(-c5cccc6oc7ccccc7c56)cccc34)nc(-c3cccc4oc5ccccc5c34)n2)cc1. The molecule has 11 aromatic rings. The zero-order valence-electron chi connectivity index (χ0n) is 27.0. The smallest absolute Gasteiger partial charge is 0.167 e. The Morgan fingerprint density at radius 2 is 0.745 bits per heavy atom. The zero-order chi connectivity index (χ0) is 33.5. The van der Waals surface area contributed by atoms with Crippen LogP contribution in [0.4, 0.5) is 0 Å². The van der Waals surface area contributed by atoms with Gasteiger partial charge in [-0.05, 0) is 35.9 Å². The van der Waals surface area contributed by atoms with E-state index in [1.807, 2.05) is 109 Å². The second-order valence-corrected chi connectivity index (χ2v) is 12.7. The van der Waals surface area contributed by atoms with Crippen LogP contribution in [0.25, 0.3) is 111 Å². The number of rotatable bonds is 4. The highest BCUT2D eigenvalue weighted by atomic mass is 16.3. The third kappa shape index (κ3) is 4.20. The van der Waals surface area contributed by atoms with Gasteiger partial charge in [-0.25, -0.2) is 15.0 Å². The molecule has 4 heterocycles. The van der Waals surface area contributed by atoms with E-state index in [0.29, 0.717) is 23.1 Å². The van der Waals surface area contributed by atoms with Crippen LogP contribution < -0.4 is 0 Å². The minimum atomic E-state index is 0.526. The average molecular weight is 656 g/mol. The van der Waals surface area contributed by atoms with E-state index in [2.05, 4.69) is 42.5 Å². The molecule has 6 heteroatoms. The molecule has 0 unspecified atom stereocenters. The maximum absolute atomic E-state index is 6.92. The van der Waals surface area contributed by atoms with Crippen molar-refractivity contribution in [1.29, 1.82) is 0 Å². The standard InChI is InChI=1S/C45H25N3O3/c1-2-12-26(13-3-1)43-46-44(33-20-11-25-38-40(33)32-15-5-7-23-36(32)50-38)48-45(47-43)34-21-9-19-30-29-18-8-17-28(41(29)51-42(30)34)27-16-10-24-37-39(27)31-14-4-6-22-35(31)49-37/h1-25H. The molecule has 0 aliphatic rings. The zero-order valence-corrected chi connectivity index (χ0v) is 27.0. The topological polar surface area (TPSA) is 78.1 Å². The molecule has 51 heavy (non-hydrogen) atoms. The van der Waals surface area contributed by atoms with Gasteiger partial charge in [0.2, 0.25) is 0 Å². The minimum Gasteiger partial charge on any atom is -0.456 e. The van der Waals surface area contributed by atoms with Crippen LogP contribution in [0.5, 0.6) is 0 Å². The van der Waals surface area contributed by atoms with Crippen LogP contribution in [-0.4, -0.2) is 15.0 Å². The second kappa shape index (κ2) is 10.7. The van der Waals surface area contributed by atoms with E-state index < -0.39 is 0 Å². The maximum Gasteiger partial charge on any atom is 0.167 e. The molecule has 0 spiro atoms. The number of nitrogens with zero attached hydrogens (tertiary/aromatic N) is 3. The van der Waals surface area contributed by atoms with Gasteiger partial charge in [-0.3, -0.25) is 0 Å². The van der Waals surface area contributed by atoms with Crippen molar-refractivity contribution in [3.05, 3.63) is 152 Å². The first-order valence-electron chi connectivity index (χ1n) is 16.9. The van der Waals surface area contributed by atoms with Crippen molar-refractivity contribution in [2.75, 3.05) is 0 Å². The Labute approximate surface area is 290 Å². The lowest BCUT2D eigenvalue weighted by Gasteiger charge is -2.09. The molecule has 4 aromatic heterocycles. The molecular formula is C45H25N3O3. The van der Waals surface area contributed by atoms with Gasteiger partial charge in [0.1, 0.15) is 33.5 Å². The highest BCUT2D eigenvalue weighted by Gasteiger charge is 2.22. The Balaban J connectivity index is 1.17. The van der Waals surface area contributed by atoms with E-state index in [-0.39, 0.29) is 0 Å². The third-order valence-corrected chi connectivity index (χ3v) is 9.77. The predicted octanol–water partition coefficient (Wildman–Crippen LogP) is 12.2. The summed E-state index contributed by atoms with van der Waals surface area (Å²) >= 11 is 0. The summed E-state index contributed by atoms with van der Waals surface area (Å²) in [7, 11) is 0. The molecule has 7 aromatic carbocycles. The molecular weight excluding hydrogens is 631 g/mol. The first-order chi connectivity index (χ1) is 25.3. The number of benzene rings is 7. The number of furan rings is 3. The predicted molar refractivity (Wildman–Crippen MR) is 203 cm³/mol. The van der Waals surface area contributed by atoms with Gasteiger partial charge in [0, 0.05) is 49.0 Å². The molecule has 0 fully saturated rings. The first kappa shape index (κ1) is 27.9. The summed E-state index contributed by atoms with van der Waals surface area (Å²) in [6.45, 7) is 0. The van der Waals surface area contributed by atoms with Crippen molar-refractivity contribution in [2.45, 2.75) is 0 Å². The lowest BCUT2D eigenvalue weighted by Crippen LogP contribution is -2.00. The Morgan fingerprint density at radius 3 is 1.43 bits per heavy atom. The monoisotopic (exact) mass is 655 g/mol. The molecule has 0 saturated carbocycles. The number of para-hydroxylation sites is 4. The molecule has 238 valence electrons. The molecule has 0 atom stereocenters. The Bertz CT molecular complexity index is 3150. The lowest BCUT2D eigenvalue weighted by molar-refractivity contribution is 0.668. The summed E-state index contributed by atoms with van der Waals surface area (Å²) in [5.41, 5.74) is 9.41. The van der Waals surface area contributed by atoms with Gasteiger partial charge in [0.05, 0.1) is 5.56 Å². The van der Waals surface area contributed by atoms with Gasteiger partial charge < -0.3 is 13.3 Å². The van der Waals surface area contributed by atoms with E-state index >= 15 is 0 Å². The van der Waals surface area contributed by atoms with Crippen LogP contribution in [-0.2, 0) is 0 Å². The molecule has 0 radical (unpaired) electrons. The fourth-order valence-corrected chi connectivity index (χ4v) is 7.50. The largest absolute Gasteiger partial charge is 0.456 e. The van der Waals surface area contributed by atoms with Crippen molar-refractivity contribution in [3.8, 4) is 45.3 Å². The van der Waals surface area contributed by atoms with Crippen molar-refractivity contribution < 1.29 is 13.3 Å². The fourth-order valence-electron chi connectivity index (χ4n) is 7.50. The van der Waals surface area contributed by atoms with E-state index in [9.17, 15) is 0 Å². The van der Waals surface area contributed by atoms with E-state index in [0.717, 1.165) is 88.0 Å². The molecule has 0 aliphatic carbocycles.